The van der Waals surface area contributed by atoms with Crippen molar-refractivity contribution in [2.75, 3.05) is 0 Å². The molecule has 0 saturated heterocycles. The molecule has 9 aromatic carbocycles. The number of hydrogen-bond acceptors (Lipinski definition) is 2. The van der Waals surface area contributed by atoms with Gasteiger partial charge in [-0.2, -0.15) is 0 Å². The first-order chi connectivity index (χ1) is 29.8. The summed E-state index contributed by atoms with van der Waals surface area (Å²) in [6.45, 7) is 0. The number of nitrogens with zero attached hydrogens (tertiary/aromatic N) is 2. The molecule has 0 unspecified atom stereocenters. The molecule has 0 saturated carbocycles. The Kier molecular flexibility index (Phi) is 10.0. The van der Waals surface area contributed by atoms with Crippen LogP contribution in [0.4, 0.5) is 0 Å². The van der Waals surface area contributed by atoms with E-state index in [0.29, 0.717) is 5.82 Å². The summed E-state index contributed by atoms with van der Waals surface area (Å²) in [5.74, 6) is 0.671. The average molecular weight is 765 g/mol. The molecular weight excluding hydrogens is 725 g/mol. The standard InChI is InChI=1S/C58H40N2/c1-7-22-41(23-8-1)49-36-19-20-37-50(49)54-40-53(43-26-11-3-12-27-43)59-58(60-54)48-35-21-34-47(38-48)52-39-51(42-24-9-2-10-25-42)55(44-28-13-4-14-29-44)57(46-32-17-6-18-33-46)56(52)45-30-15-5-16-31-45/h1-40H. The Hall–Kier alpha value is -7.94. The maximum atomic E-state index is 5.37. The lowest BCUT2D eigenvalue weighted by molar-refractivity contribution is 1.18. The van der Waals surface area contributed by atoms with E-state index in [-0.39, 0.29) is 0 Å². The van der Waals surface area contributed by atoms with Gasteiger partial charge in [0.25, 0.3) is 0 Å². The second-order valence-electron chi connectivity index (χ2n) is 14.9. The SMILES string of the molecule is c1ccc(-c2cc(-c3ccccc3-c3ccccc3)nc(-c3cccc(-c4cc(-c5ccccc5)c(-c5ccccc5)c(-c5ccccc5)c4-c4ccccc4)c3)n2)cc1. The van der Waals surface area contributed by atoms with Gasteiger partial charge in [0.2, 0.25) is 0 Å². The van der Waals surface area contributed by atoms with E-state index in [1.807, 2.05) is 6.07 Å². The van der Waals surface area contributed by atoms with E-state index in [4.69, 9.17) is 9.97 Å². The van der Waals surface area contributed by atoms with Crippen LogP contribution in [0.25, 0.3) is 101 Å². The number of rotatable bonds is 9. The molecule has 1 heterocycles. The summed E-state index contributed by atoms with van der Waals surface area (Å²) in [6, 6.07) is 86.0. The monoisotopic (exact) mass is 764 g/mol. The van der Waals surface area contributed by atoms with Gasteiger partial charge in [0.05, 0.1) is 11.4 Å². The fourth-order valence-electron chi connectivity index (χ4n) is 8.33. The Labute approximate surface area is 351 Å². The van der Waals surface area contributed by atoms with Gasteiger partial charge in [-0.25, -0.2) is 9.97 Å². The van der Waals surface area contributed by atoms with Crippen molar-refractivity contribution in [3.05, 3.63) is 243 Å². The van der Waals surface area contributed by atoms with Crippen LogP contribution in [-0.2, 0) is 0 Å². The average Bonchev–Trinajstić information content (AvgIpc) is 3.35. The maximum Gasteiger partial charge on any atom is 0.160 e. The van der Waals surface area contributed by atoms with Gasteiger partial charge in [0, 0.05) is 16.7 Å². The van der Waals surface area contributed by atoms with Crippen LogP contribution in [0.15, 0.2) is 243 Å². The molecule has 10 aromatic rings. The van der Waals surface area contributed by atoms with Gasteiger partial charge in [0.1, 0.15) is 0 Å². The highest BCUT2D eigenvalue weighted by molar-refractivity contribution is 6.07. The minimum atomic E-state index is 0.671. The molecule has 0 fully saturated rings. The molecule has 0 radical (unpaired) electrons. The van der Waals surface area contributed by atoms with E-state index in [1.54, 1.807) is 0 Å². The Morgan fingerprint density at radius 1 is 0.200 bits per heavy atom. The fourth-order valence-corrected chi connectivity index (χ4v) is 8.33. The van der Waals surface area contributed by atoms with Crippen molar-refractivity contribution in [2.45, 2.75) is 0 Å². The molecular formula is C58H40N2. The molecule has 282 valence electrons. The lowest BCUT2D eigenvalue weighted by atomic mass is 9.79. The highest BCUT2D eigenvalue weighted by atomic mass is 14.9. The summed E-state index contributed by atoms with van der Waals surface area (Å²) in [6.07, 6.45) is 0. The van der Waals surface area contributed by atoms with E-state index in [9.17, 15) is 0 Å². The van der Waals surface area contributed by atoms with Gasteiger partial charge in [-0.05, 0) is 85.0 Å². The van der Waals surface area contributed by atoms with Crippen molar-refractivity contribution in [1.29, 1.82) is 0 Å². The molecule has 0 atom stereocenters. The zero-order chi connectivity index (χ0) is 40.1. The Bertz CT molecular complexity index is 3040. The highest BCUT2D eigenvalue weighted by Gasteiger charge is 2.24. The van der Waals surface area contributed by atoms with Crippen LogP contribution >= 0.6 is 0 Å². The number of aromatic nitrogens is 2. The van der Waals surface area contributed by atoms with Crippen molar-refractivity contribution in [3.8, 4) is 101 Å². The van der Waals surface area contributed by atoms with Gasteiger partial charge in [-0.3, -0.25) is 0 Å². The number of hydrogen-bond donors (Lipinski definition) is 0. The summed E-state index contributed by atoms with van der Waals surface area (Å²) in [5.41, 5.74) is 18.7. The lowest BCUT2D eigenvalue weighted by Gasteiger charge is -2.24. The Morgan fingerprint density at radius 3 is 1.10 bits per heavy atom. The molecule has 0 aliphatic heterocycles. The number of benzene rings is 9. The van der Waals surface area contributed by atoms with Crippen molar-refractivity contribution < 1.29 is 0 Å². The molecule has 0 amide bonds. The van der Waals surface area contributed by atoms with Gasteiger partial charge < -0.3 is 0 Å². The second kappa shape index (κ2) is 16.5. The summed E-state index contributed by atoms with van der Waals surface area (Å²) in [5, 5.41) is 0. The van der Waals surface area contributed by atoms with Crippen LogP contribution in [0.5, 0.6) is 0 Å². The van der Waals surface area contributed by atoms with Crippen molar-refractivity contribution in [1.82, 2.24) is 9.97 Å². The largest absolute Gasteiger partial charge is 0.228 e. The molecule has 0 N–H and O–H groups in total. The van der Waals surface area contributed by atoms with Crippen LogP contribution < -0.4 is 0 Å². The molecule has 0 spiro atoms. The predicted octanol–water partition coefficient (Wildman–Crippen LogP) is 15.5. The van der Waals surface area contributed by atoms with E-state index >= 15 is 0 Å². The predicted molar refractivity (Wildman–Crippen MR) is 251 cm³/mol. The van der Waals surface area contributed by atoms with Crippen LogP contribution in [0.1, 0.15) is 0 Å². The molecule has 0 bridgehead atoms. The molecule has 10 rings (SSSR count). The third kappa shape index (κ3) is 7.23. The van der Waals surface area contributed by atoms with Gasteiger partial charge >= 0.3 is 0 Å². The third-order valence-electron chi connectivity index (χ3n) is 11.1. The van der Waals surface area contributed by atoms with E-state index in [0.717, 1.165) is 67.0 Å². The molecule has 2 heteroatoms. The zero-order valence-corrected chi connectivity index (χ0v) is 33.0. The third-order valence-corrected chi connectivity index (χ3v) is 11.1. The fraction of sp³-hybridized carbons (Fsp3) is 0. The second-order valence-corrected chi connectivity index (χ2v) is 14.9. The minimum absolute atomic E-state index is 0.671. The molecule has 2 nitrogen and oxygen atoms in total. The molecule has 1 aromatic heterocycles. The first-order valence-electron chi connectivity index (χ1n) is 20.4. The van der Waals surface area contributed by atoms with Crippen LogP contribution in [-0.4, -0.2) is 9.97 Å². The van der Waals surface area contributed by atoms with E-state index < -0.39 is 0 Å². The van der Waals surface area contributed by atoms with Gasteiger partial charge in [-0.1, -0.05) is 224 Å². The van der Waals surface area contributed by atoms with E-state index in [1.165, 1.54) is 27.8 Å². The van der Waals surface area contributed by atoms with Gasteiger partial charge in [-0.15, -0.1) is 0 Å². The Morgan fingerprint density at radius 2 is 0.567 bits per heavy atom. The smallest absolute Gasteiger partial charge is 0.160 e. The van der Waals surface area contributed by atoms with Crippen molar-refractivity contribution in [2.24, 2.45) is 0 Å². The summed E-state index contributed by atoms with van der Waals surface area (Å²) in [7, 11) is 0. The van der Waals surface area contributed by atoms with Crippen molar-refractivity contribution in [3.63, 3.8) is 0 Å². The molecule has 60 heavy (non-hydrogen) atoms. The molecule has 0 aliphatic rings. The molecule has 0 aliphatic carbocycles. The maximum absolute atomic E-state index is 5.37. The first-order valence-corrected chi connectivity index (χ1v) is 20.4. The first kappa shape index (κ1) is 36.4. The van der Waals surface area contributed by atoms with Crippen molar-refractivity contribution >= 4 is 0 Å². The Balaban J connectivity index is 1.25. The van der Waals surface area contributed by atoms with E-state index in [2.05, 4.69) is 237 Å². The summed E-state index contributed by atoms with van der Waals surface area (Å²) < 4.78 is 0. The topological polar surface area (TPSA) is 25.8 Å². The normalized spacial score (nSPS) is 11.0. The quantitative estimate of drug-likeness (QED) is 0.146. The zero-order valence-electron chi connectivity index (χ0n) is 33.0. The van der Waals surface area contributed by atoms with Crippen LogP contribution in [0.2, 0.25) is 0 Å². The summed E-state index contributed by atoms with van der Waals surface area (Å²) in [4.78, 5) is 10.7. The minimum Gasteiger partial charge on any atom is -0.228 e. The lowest BCUT2D eigenvalue weighted by Crippen LogP contribution is -1.99. The van der Waals surface area contributed by atoms with Crippen LogP contribution in [0, 0.1) is 0 Å². The highest BCUT2D eigenvalue weighted by Crippen LogP contribution is 2.50. The van der Waals surface area contributed by atoms with Crippen LogP contribution in [0.3, 0.4) is 0 Å². The summed E-state index contributed by atoms with van der Waals surface area (Å²) >= 11 is 0. The van der Waals surface area contributed by atoms with Gasteiger partial charge in [0.15, 0.2) is 5.82 Å².